The van der Waals surface area contributed by atoms with Gasteiger partial charge in [-0.3, -0.25) is 10.2 Å². The summed E-state index contributed by atoms with van der Waals surface area (Å²) in [5.41, 5.74) is 5.84. The van der Waals surface area contributed by atoms with Gasteiger partial charge in [-0.15, -0.1) is 0 Å². The number of methoxy groups -OCH3 is 1. The smallest absolute Gasteiger partial charge is 0.191 e. The minimum atomic E-state index is 0.0767. The van der Waals surface area contributed by atoms with E-state index in [0.717, 1.165) is 17.0 Å². The van der Waals surface area contributed by atoms with Crippen LogP contribution in [0.25, 0.3) is 0 Å². The van der Waals surface area contributed by atoms with Crippen molar-refractivity contribution in [2.75, 3.05) is 12.4 Å². The predicted octanol–water partition coefficient (Wildman–Crippen LogP) is 2.97. The quantitative estimate of drug-likeness (QED) is 0.671. The minimum Gasteiger partial charge on any atom is -0.497 e. The molecule has 2 aromatic rings. The zero-order chi connectivity index (χ0) is 16.2. The zero-order valence-corrected chi connectivity index (χ0v) is 13.3. The van der Waals surface area contributed by atoms with E-state index < -0.39 is 0 Å². The number of benzene rings is 2. The molecule has 0 bridgehead atoms. The van der Waals surface area contributed by atoms with Crippen molar-refractivity contribution in [3.05, 3.63) is 59.7 Å². The number of hydrazone groups is 1. The zero-order valence-electron chi connectivity index (χ0n) is 12.5. The van der Waals surface area contributed by atoms with E-state index in [2.05, 4.69) is 15.8 Å². The topological polar surface area (TPSA) is 62.7 Å². The number of nitrogens with one attached hydrogen (secondary N) is 2. The first kappa shape index (κ1) is 15.2. The molecule has 0 unspecified atom stereocenters. The molecule has 23 heavy (non-hydrogen) atoms. The molecule has 5 nitrogen and oxygen atoms in total. The Morgan fingerprint density at radius 2 is 1.96 bits per heavy atom. The summed E-state index contributed by atoms with van der Waals surface area (Å²) >= 11 is 5.22. The Kier molecular flexibility index (Phi) is 4.34. The highest BCUT2D eigenvalue weighted by Gasteiger charge is 2.24. The van der Waals surface area contributed by atoms with Gasteiger partial charge in [-0.1, -0.05) is 30.3 Å². The van der Waals surface area contributed by atoms with Crippen LogP contribution >= 0.6 is 12.2 Å². The summed E-state index contributed by atoms with van der Waals surface area (Å²) in [7, 11) is 1.61. The fourth-order valence-electron chi connectivity index (χ4n) is 2.40. The van der Waals surface area contributed by atoms with Crippen LogP contribution in [-0.2, 0) is 0 Å². The van der Waals surface area contributed by atoms with Gasteiger partial charge < -0.3 is 10.1 Å². The number of fused-ring (bicyclic) bond motifs is 1. The Bertz CT molecular complexity index is 802. The number of carbonyl (C=O) groups is 1. The number of hydrogen-bond donors (Lipinski definition) is 2. The lowest BCUT2D eigenvalue weighted by Gasteiger charge is -2.09. The number of ether oxygens (including phenoxy) is 1. The molecule has 0 radical (unpaired) electrons. The van der Waals surface area contributed by atoms with Crippen molar-refractivity contribution in [2.45, 2.75) is 6.42 Å². The first-order valence-corrected chi connectivity index (χ1v) is 7.48. The van der Waals surface area contributed by atoms with E-state index in [-0.39, 0.29) is 12.2 Å². The van der Waals surface area contributed by atoms with Gasteiger partial charge in [-0.05, 0) is 24.4 Å². The van der Waals surface area contributed by atoms with Gasteiger partial charge in [-0.2, -0.15) is 5.10 Å². The Morgan fingerprint density at radius 1 is 1.17 bits per heavy atom. The molecule has 1 aliphatic carbocycles. The van der Waals surface area contributed by atoms with Crippen molar-refractivity contribution in [3.63, 3.8) is 0 Å². The summed E-state index contributed by atoms with van der Waals surface area (Å²) in [5, 5.41) is 7.64. The van der Waals surface area contributed by atoms with Gasteiger partial charge in [0.15, 0.2) is 10.9 Å². The van der Waals surface area contributed by atoms with Crippen LogP contribution in [0.5, 0.6) is 5.75 Å². The van der Waals surface area contributed by atoms with Crippen LogP contribution in [0, 0.1) is 0 Å². The van der Waals surface area contributed by atoms with Crippen LogP contribution in [0.4, 0.5) is 5.69 Å². The summed E-state index contributed by atoms with van der Waals surface area (Å²) < 4.78 is 5.16. The molecule has 2 N–H and O–H groups in total. The van der Waals surface area contributed by atoms with Gasteiger partial charge in [0.2, 0.25) is 0 Å². The first-order valence-electron chi connectivity index (χ1n) is 7.07. The van der Waals surface area contributed by atoms with E-state index in [0.29, 0.717) is 16.4 Å². The maximum Gasteiger partial charge on any atom is 0.191 e. The average molecular weight is 325 g/mol. The predicted molar refractivity (Wildman–Crippen MR) is 94.3 cm³/mol. The van der Waals surface area contributed by atoms with Crippen molar-refractivity contribution < 1.29 is 9.53 Å². The summed E-state index contributed by atoms with van der Waals surface area (Å²) in [6, 6.07) is 14.9. The number of carbonyl (C=O) groups excluding carboxylic acids is 1. The fraction of sp³-hybridized carbons (Fsp3) is 0.118. The van der Waals surface area contributed by atoms with E-state index >= 15 is 0 Å². The lowest BCUT2D eigenvalue weighted by molar-refractivity contribution is 0.101. The highest BCUT2D eigenvalue weighted by molar-refractivity contribution is 7.80. The Hall–Kier alpha value is -2.73. The Balaban J connectivity index is 1.68. The van der Waals surface area contributed by atoms with Gasteiger partial charge in [0.1, 0.15) is 5.75 Å². The SMILES string of the molecule is COc1cccc(NC(=S)NN=C2CC(=O)c3ccccc32)c1. The van der Waals surface area contributed by atoms with Crippen LogP contribution < -0.4 is 15.5 Å². The monoisotopic (exact) mass is 325 g/mol. The third kappa shape index (κ3) is 3.37. The molecule has 0 aliphatic heterocycles. The standard InChI is InChI=1S/C17H15N3O2S/c1-22-12-6-4-5-11(9-12)18-17(23)20-19-15-10-16(21)14-8-3-2-7-13(14)15/h2-9H,10H2,1H3,(H2,18,20,23). The summed E-state index contributed by atoms with van der Waals surface area (Å²) in [5.74, 6) is 0.812. The van der Waals surface area contributed by atoms with Crippen LogP contribution in [0.15, 0.2) is 53.6 Å². The van der Waals surface area contributed by atoms with Crippen LogP contribution in [0.1, 0.15) is 22.3 Å². The number of rotatable bonds is 3. The van der Waals surface area contributed by atoms with E-state index in [1.54, 1.807) is 7.11 Å². The van der Waals surface area contributed by atoms with Crippen molar-refractivity contribution in [1.82, 2.24) is 5.43 Å². The molecule has 0 saturated heterocycles. The molecule has 0 spiro atoms. The van der Waals surface area contributed by atoms with Gasteiger partial charge >= 0.3 is 0 Å². The van der Waals surface area contributed by atoms with E-state index in [1.807, 2.05) is 48.5 Å². The third-order valence-corrected chi connectivity index (χ3v) is 3.68. The Morgan fingerprint density at radius 3 is 2.74 bits per heavy atom. The lowest BCUT2D eigenvalue weighted by atomic mass is 10.1. The molecule has 0 aromatic heterocycles. The molecule has 0 fully saturated rings. The first-order chi connectivity index (χ1) is 11.2. The maximum atomic E-state index is 11.9. The van der Waals surface area contributed by atoms with Crippen molar-refractivity contribution in [2.24, 2.45) is 5.10 Å². The van der Waals surface area contributed by atoms with Gasteiger partial charge in [-0.25, -0.2) is 0 Å². The molecular formula is C17H15N3O2S. The normalized spacial score (nSPS) is 14.5. The largest absolute Gasteiger partial charge is 0.497 e. The average Bonchev–Trinajstić information content (AvgIpc) is 2.90. The van der Waals surface area contributed by atoms with E-state index in [1.165, 1.54) is 0 Å². The second kappa shape index (κ2) is 6.58. The highest BCUT2D eigenvalue weighted by atomic mass is 32.1. The summed E-state index contributed by atoms with van der Waals surface area (Å²) in [6.45, 7) is 0. The van der Waals surface area contributed by atoms with E-state index in [4.69, 9.17) is 17.0 Å². The molecule has 1 aliphatic rings. The number of thiocarbonyl (C=S) groups is 1. The van der Waals surface area contributed by atoms with Crippen molar-refractivity contribution in [1.29, 1.82) is 0 Å². The second-order valence-corrected chi connectivity index (χ2v) is 5.41. The number of hydrogen-bond acceptors (Lipinski definition) is 4. The van der Waals surface area contributed by atoms with Gasteiger partial charge in [0.25, 0.3) is 0 Å². The van der Waals surface area contributed by atoms with Crippen molar-refractivity contribution >= 4 is 34.5 Å². The molecule has 6 heteroatoms. The third-order valence-electron chi connectivity index (χ3n) is 3.49. The van der Waals surface area contributed by atoms with Crippen LogP contribution in [-0.4, -0.2) is 23.7 Å². The molecule has 0 atom stereocenters. The summed E-state index contributed by atoms with van der Waals surface area (Å²) in [4.78, 5) is 11.9. The molecule has 3 rings (SSSR count). The summed E-state index contributed by atoms with van der Waals surface area (Å²) in [6.07, 6.45) is 0.286. The fourth-order valence-corrected chi connectivity index (χ4v) is 2.56. The van der Waals surface area contributed by atoms with Crippen molar-refractivity contribution in [3.8, 4) is 5.75 Å². The van der Waals surface area contributed by atoms with E-state index in [9.17, 15) is 4.79 Å². The molecule has 116 valence electrons. The highest BCUT2D eigenvalue weighted by Crippen LogP contribution is 2.22. The number of anilines is 1. The molecule has 2 aromatic carbocycles. The number of Topliss-reactive ketones (excluding diaryl/α,β-unsaturated/α-hetero) is 1. The lowest BCUT2D eigenvalue weighted by Crippen LogP contribution is -2.25. The second-order valence-electron chi connectivity index (χ2n) is 5.00. The maximum absolute atomic E-state index is 11.9. The van der Waals surface area contributed by atoms with Gasteiger partial charge in [0, 0.05) is 22.9 Å². The number of nitrogens with zero attached hydrogens (tertiary/aromatic N) is 1. The minimum absolute atomic E-state index is 0.0767. The Labute approximate surface area is 139 Å². The van der Waals surface area contributed by atoms with Gasteiger partial charge in [0.05, 0.1) is 19.2 Å². The molecule has 0 heterocycles. The molecular weight excluding hydrogens is 310 g/mol. The molecule has 0 saturated carbocycles. The van der Waals surface area contributed by atoms with Crippen LogP contribution in [0.2, 0.25) is 0 Å². The van der Waals surface area contributed by atoms with Crippen LogP contribution in [0.3, 0.4) is 0 Å². The number of ketones is 1. The molecule has 0 amide bonds.